The Hall–Kier alpha value is -0.540. The summed E-state index contributed by atoms with van der Waals surface area (Å²) < 4.78 is 5.38. The van der Waals surface area contributed by atoms with Crippen molar-refractivity contribution in [1.82, 2.24) is 4.98 Å². The highest BCUT2D eigenvalue weighted by Gasteiger charge is 2.44. The first kappa shape index (κ1) is 8.08. The minimum atomic E-state index is 0.0500. The third-order valence-corrected chi connectivity index (χ3v) is 3.36. The van der Waals surface area contributed by atoms with E-state index in [2.05, 4.69) is 4.98 Å². The Labute approximate surface area is 76.3 Å². The van der Waals surface area contributed by atoms with Crippen molar-refractivity contribution < 1.29 is 4.74 Å². The monoisotopic (exact) mass is 181 g/mol. The Morgan fingerprint density at radius 1 is 1.50 bits per heavy atom. The van der Waals surface area contributed by atoms with Crippen molar-refractivity contribution in [2.24, 2.45) is 0 Å². The van der Waals surface area contributed by atoms with Gasteiger partial charge in [-0.2, -0.15) is 0 Å². The normalized spacial score (nSPS) is 19.1. The van der Waals surface area contributed by atoms with Gasteiger partial charge in [-0.05, 0) is 25.0 Å². The first-order valence-corrected chi connectivity index (χ1v) is 4.81. The molecule has 0 saturated heterocycles. The van der Waals surface area contributed by atoms with Crippen molar-refractivity contribution in [3.8, 4) is 0 Å². The van der Waals surface area contributed by atoms with Gasteiger partial charge in [-0.15, -0.1) is 0 Å². The molecule has 0 N–H and O–H groups in total. The zero-order valence-corrected chi connectivity index (χ0v) is 7.80. The topological polar surface area (TPSA) is 22.1 Å². The number of ether oxygens (including phenoxy) is 1. The lowest BCUT2D eigenvalue weighted by Crippen LogP contribution is -2.04. The summed E-state index contributed by atoms with van der Waals surface area (Å²) in [6.07, 6.45) is 4.10. The Kier molecular flexibility index (Phi) is 2.07. The van der Waals surface area contributed by atoms with E-state index in [4.69, 9.17) is 4.74 Å². The Morgan fingerprint density at radius 3 is 2.83 bits per heavy atom. The SMILES string of the molecule is COC1(Sc2ccccn2)CC1. The molecule has 0 aromatic carbocycles. The smallest absolute Gasteiger partial charge is 0.119 e. The van der Waals surface area contributed by atoms with E-state index in [0.717, 1.165) is 17.9 Å². The van der Waals surface area contributed by atoms with Crippen LogP contribution >= 0.6 is 11.8 Å². The lowest BCUT2D eigenvalue weighted by molar-refractivity contribution is 0.156. The van der Waals surface area contributed by atoms with Crippen LogP contribution < -0.4 is 0 Å². The van der Waals surface area contributed by atoms with E-state index >= 15 is 0 Å². The number of hydrogen-bond acceptors (Lipinski definition) is 3. The van der Waals surface area contributed by atoms with E-state index in [1.807, 2.05) is 24.4 Å². The predicted molar refractivity (Wildman–Crippen MR) is 49.1 cm³/mol. The molecule has 0 atom stereocenters. The van der Waals surface area contributed by atoms with Gasteiger partial charge in [-0.25, -0.2) is 4.98 Å². The van der Waals surface area contributed by atoms with E-state index in [-0.39, 0.29) is 4.93 Å². The minimum Gasteiger partial charge on any atom is -0.367 e. The lowest BCUT2D eigenvalue weighted by atomic mass is 10.5. The molecule has 1 aromatic rings. The molecule has 1 aliphatic carbocycles. The maximum absolute atomic E-state index is 5.38. The van der Waals surface area contributed by atoms with Crippen LogP contribution in [0.25, 0.3) is 0 Å². The average molecular weight is 181 g/mol. The molecule has 1 aliphatic rings. The fourth-order valence-corrected chi connectivity index (χ4v) is 2.08. The van der Waals surface area contributed by atoms with Crippen LogP contribution in [0.1, 0.15) is 12.8 Å². The molecule has 1 heterocycles. The molecule has 0 radical (unpaired) electrons. The largest absolute Gasteiger partial charge is 0.367 e. The Bertz CT molecular complexity index is 258. The number of rotatable bonds is 3. The van der Waals surface area contributed by atoms with Crippen LogP contribution in [0, 0.1) is 0 Å². The third-order valence-electron chi connectivity index (χ3n) is 1.96. The second-order valence-corrected chi connectivity index (χ2v) is 4.25. The molecule has 0 spiro atoms. The van der Waals surface area contributed by atoms with Gasteiger partial charge < -0.3 is 4.74 Å². The van der Waals surface area contributed by atoms with Crippen molar-refractivity contribution in [2.45, 2.75) is 22.8 Å². The standard InChI is InChI=1S/C9H11NOS/c1-11-9(5-6-9)12-8-4-2-3-7-10-8/h2-4,7H,5-6H2,1H3. The van der Waals surface area contributed by atoms with Crippen molar-refractivity contribution in [3.63, 3.8) is 0 Å². The first-order valence-electron chi connectivity index (χ1n) is 4.00. The van der Waals surface area contributed by atoms with Gasteiger partial charge in [0.1, 0.15) is 4.93 Å². The number of thioether (sulfide) groups is 1. The Balaban J connectivity index is 2.04. The quantitative estimate of drug-likeness (QED) is 0.668. The van der Waals surface area contributed by atoms with Crippen molar-refractivity contribution in [1.29, 1.82) is 0 Å². The van der Waals surface area contributed by atoms with E-state index in [9.17, 15) is 0 Å². The van der Waals surface area contributed by atoms with Crippen LogP contribution in [0.5, 0.6) is 0 Å². The average Bonchev–Trinajstić information content (AvgIpc) is 2.88. The molecular formula is C9H11NOS. The van der Waals surface area contributed by atoms with E-state index in [1.165, 1.54) is 0 Å². The number of hydrogen-bond donors (Lipinski definition) is 0. The molecule has 12 heavy (non-hydrogen) atoms. The molecule has 64 valence electrons. The maximum Gasteiger partial charge on any atom is 0.119 e. The van der Waals surface area contributed by atoms with Gasteiger partial charge in [-0.1, -0.05) is 17.8 Å². The second kappa shape index (κ2) is 3.07. The molecule has 3 heteroatoms. The van der Waals surface area contributed by atoms with Crippen LogP contribution in [0.3, 0.4) is 0 Å². The molecule has 2 rings (SSSR count). The molecule has 0 unspecified atom stereocenters. The molecular weight excluding hydrogens is 170 g/mol. The summed E-state index contributed by atoms with van der Waals surface area (Å²) in [6, 6.07) is 5.95. The van der Waals surface area contributed by atoms with E-state index in [1.54, 1.807) is 18.9 Å². The maximum atomic E-state index is 5.38. The van der Waals surface area contributed by atoms with Gasteiger partial charge in [0, 0.05) is 13.3 Å². The van der Waals surface area contributed by atoms with Crippen LogP contribution in [0.2, 0.25) is 0 Å². The highest BCUT2D eigenvalue weighted by atomic mass is 32.2. The van der Waals surface area contributed by atoms with Crippen molar-refractivity contribution in [3.05, 3.63) is 24.4 Å². The third kappa shape index (κ3) is 1.62. The van der Waals surface area contributed by atoms with Gasteiger partial charge in [0.2, 0.25) is 0 Å². The number of aromatic nitrogens is 1. The summed E-state index contributed by atoms with van der Waals surface area (Å²) in [4.78, 5) is 4.28. The fourth-order valence-electron chi connectivity index (χ4n) is 1.05. The van der Waals surface area contributed by atoms with Crippen LogP contribution in [-0.2, 0) is 4.74 Å². The molecule has 1 saturated carbocycles. The molecule has 0 bridgehead atoms. The van der Waals surface area contributed by atoms with Gasteiger partial charge in [0.05, 0.1) is 5.03 Å². The summed E-state index contributed by atoms with van der Waals surface area (Å²) in [5.74, 6) is 0. The van der Waals surface area contributed by atoms with Crippen LogP contribution in [-0.4, -0.2) is 17.0 Å². The number of nitrogens with zero attached hydrogens (tertiary/aromatic N) is 1. The number of methoxy groups -OCH3 is 1. The van der Waals surface area contributed by atoms with Gasteiger partial charge >= 0.3 is 0 Å². The summed E-state index contributed by atoms with van der Waals surface area (Å²) in [6.45, 7) is 0. The van der Waals surface area contributed by atoms with Crippen molar-refractivity contribution in [2.75, 3.05) is 7.11 Å². The highest BCUT2D eigenvalue weighted by molar-refractivity contribution is 8.00. The molecule has 1 fully saturated rings. The van der Waals surface area contributed by atoms with Crippen molar-refractivity contribution >= 4 is 11.8 Å². The summed E-state index contributed by atoms with van der Waals surface area (Å²) in [7, 11) is 1.77. The zero-order chi connectivity index (χ0) is 8.44. The summed E-state index contributed by atoms with van der Waals surface area (Å²) in [5.41, 5.74) is 0. The molecule has 0 aliphatic heterocycles. The van der Waals surface area contributed by atoms with Crippen LogP contribution in [0.4, 0.5) is 0 Å². The predicted octanol–water partition coefficient (Wildman–Crippen LogP) is 2.31. The summed E-state index contributed by atoms with van der Waals surface area (Å²) >= 11 is 1.72. The lowest BCUT2D eigenvalue weighted by Gasteiger charge is -2.10. The summed E-state index contributed by atoms with van der Waals surface area (Å²) in [5, 5.41) is 1.05. The number of pyridine rings is 1. The van der Waals surface area contributed by atoms with E-state index < -0.39 is 0 Å². The van der Waals surface area contributed by atoms with Gasteiger partial charge in [0.15, 0.2) is 0 Å². The minimum absolute atomic E-state index is 0.0500. The Morgan fingerprint density at radius 2 is 2.33 bits per heavy atom. The first-order chi connectivity index (χ1) is 5.85. The molecule has 1 aromatic heterocycles. The fraction of sp³-hybridized carbons (Fsp3) is 0.444. The van der Waals surface area contributed by atoms with Gasteiger partial charge in [0.25, 0.3) is 0 Å². The van der Waals surface area contributed by atoms with Crippen LogP contribution in [0.15, 0.2) is 29.4 Å². The van der Waals surface area contributed by atoms with E-state index in [0.29, 0.717) is 0 Å². The zero-order valence-electron chi connectivity index (χ0n) is 6.99. The van der Waals surface area contributed by atoms with Gasteiger partial charge in [-0.3, -0.25) is 0 Å². The second-order valence-electron chi connectivity index (χ2n) is 2.88. The molecule has 0 amide bonds. The highest BCUT2D eigenvalue weighted by Crippen LogP contribution is 2.51. The molecule has 2 nitrogen and oxygen atoms in total.